The molecule has 0 atom stereocenters. The van der Waals surface area contributed by atoms with Gasteiger partial charge < -0.3 is 25.6 Å². The average molecular weight is 390 g/mol. The van der Waals surface area contributed by atoms with Crippen LogP contribution in [0.25, 0.3) is 0 Å². The summed E-state index contributed by atoms with van der Waals surface area (Å²) in [4.78, 5) is 18.7. The van der Waals surface area contributed by atoms with Crippen molar-refractivity contribution >= 4 is 17.6 Å². The largest absolute Gasteiger partial charge is 0.495 e. The van der Waals surface area contributed by atoms with E-state index >= 15 is 0 Å². The topological polar surface area (TPSA) is 78.0 Å². The van der Waals surface area contributed by atoms with Crippen molar-refractivity contribution in [2.45, 2.75) is 52.6 Å². The number of carbonyl (C=O) groups excluding carboxylic acids is 1. The van der Waals surface area contributed by atoms with Crippen molar-refractivity contribution in [1.82, 2.24) is 15.5 Å². The minimum Gasteiger partial charge on any atom is -0.495 e. The summed E-state index contributed by atoms with van der Waals surface area (Å²) >= 11 is 0. The molecule has 0 radical (unpaired) electrons. The number of hydrogen-bond donors (Lipinski definition) is 3. The first-order valence-electron chi connectivity index (χ1n) is 10.3. The second-order valence-electron chi connectivity index (χ2n) is 7.17. The number of carbonyl (C=O) groups is 1. The maximum absolute atomic E-state index is 11.4. The van der Waals surface area contributed by atoms with Gasteiger partial charge in [0.25, 0.3) is 0 Å². The number of aliphatic imine (C=N–C) groups is 1. The molecule has 1 fully saturated rings. The summed E-state index contributed by atoms with van der Waals surface area (Å²) in [7, 11) is 1.59. The molecular formula is C21H35N5O2. The number of benzene rings is 1. The average Bonchev–Trinajstić information content (AvgIpc) is 2.68. The highest BCUT2D eigenvalue weighted by molar-refractivity contribution is 5.90. The summed E-state index contributed by atoms with van der Waals surface area (Å²) in [6.45, 7) is 10.6. The smallest absolute Gasteiger partial charge is 0.221 e. The van der Waals surface area contributed by atoms with Crippen LogP contribution in [0.15, 0.2) is 23.2 Å². The van der Waals surface area contributed by atoms with E-state index in [2.05, 4.69) is 34.7 Å². The highest BCUT2D eigenvalue weighted by atomic mass is 16.5. The molecule has 0 unspecified atom stereocenters. The molecule has 0 saturated carbocycles. The number of ether oxygens (including phenoxy) is 1. The summed E-state index contributed by atoms with van der Waals surface area (Å²) in [5.74, 6) is 1.36. The Morgan fingerprint density at radius 1 is 1.29 bits per heavy atom. The molecule has 7 nitrogen and oxygen atoms in total. The van der Waals surface area contributed by atoms with E-state index in [0.29, 0.717) is 24.0 Å². The van der Waals surface area contributed by atoms with E-state index in [1.54, 1.807) is 7.11 Å². The van der Waals surface area contributed by atoms with Gasteiger partial charge in [0.05, 0.1) is 19.3 Å². The second-order valence-corrected chi connectivity index (χ2v) is 7.17. The molecule has 1 aromatic rings. The lowest BCUT2D eigenvalue weighted by molar-refractivity contribution is -0.114. The summed E-state index contributed by atoms with van der Waals surface area (Å²) in [6, 6.07) is 6.20. The number of rotatable bonds is 8. The van der Waals surface area contributed by atoms with Crippen molar-refractivity contribution in [2.24, 2.45) is 4.99 Å². The summed E-state index contributed by atoms with van der Waals surface area (Å²) in [5, 5.41) is 9.72. The van der Waals surface area contributed by atoms with Crippen LogP contribution in [0.2, 0.25) is 0 Å². The van der Waals surface area contributed by atoms with Crippen LogP contribution in [0.5, 0.6) is 5.75 Å². The number of nitrogens with one attached hydrogen (secondary N) is 3. The minimum absolute atomic E-state index is 0.122. The maximum Gasteiger partial charge on any atom is 0.221 e. The molecule has 1 aromatic carbocycles. The van der Waals surface area contributed by atoms with E-state index in [4.69, 9.17) is 9.73 Å². The molecule has 1 aliphatic heterocycles. The predicted octanol–water partition coefficient (Wildman–Crippen LogP) is 2.58. The fourth-order valence-corrected chi connectivity index (χ4v) is 3.44. The number of piperidine rings is 1. The zero-order valence-corrected chi connectivity index (χ0v) is 17.7. The van der Waals surface area contributed by atoms with Crippen molar-refractivity contribution in [3.05, 3.63) is 23.8 Å². The molecule has 156 valence electrons. The Morgan fingerprint density at radius 2 is 2.04 bits per heavy atom. The van der Waals surface area contributed by atoms with Crippen LogP contribution in [0.3, 0.4) is 0 Å². The minimum atomic E-state index is -0.122. The molecule has 2 rings (SSSR count). The van der Waals surface area contributed by atoms with E-state index in [1.165, 1.54) is 19.9 Å². The third-order valence-electron chi connectivity index (χ3n) is 4.81. The molecule has 0 aliphatic carbocycles. The van der Waals surface area contributed by atoms with Gasteiger partial charge in [-0.3, -0.25) is 4.79 Å². The Balaban J connectivity index is 1.99. The van der Waals surface area contributed by atoms with Crippen molar-refractivity contribution in [3.8, 4) is 5.75 Å². The van der Waals surface area contributed by atoms with Crippen molar-refractivity contribution in [3.63, 3.8) is 0 Å². The molecule has 7 heteroatoms. The van der Waals surface area contributed by atoms with Gasteiger partial charge in [0.1, 0.15) is 5.75 Å². The van der Waals surface area contributed by atoms with Gasteiger partial charge in [0, 0.05) is 32.6 Å². The van der Waals surface area contributed by atoms with Gasteiger partial charge in [0.15, 0.2) is 5.96 Å². The zero-order chi connectivity index (χ0) is 20.4. The van der Waals surface area contributed by atoms with Gasteiger partial charge in [-0.15, -0.1) is 0 Å². The van der Waals surface area contributed by atoms with Gasteiger partial charge in [-0.05, 0) is 50.4 Å². The highest BCUT2D eigenvalue weighted by Crippen LogP contribution is 2.25. The van der Waals surface area contributed by atoms with Gasteiger partial charge in [-0.2, -0.15) is 0 Å². The fraction of sp³-hybridized carbons (Fsp3) is 0.619. The third-order valence-corrected chi connectivity index (χ3v) is 4.81. The first-order chi connectivity index (χ1) is 13.5. The molecule has 0 bridgehead atoms. The lowest BCUT2D eigenvalue weighted by Gasteiger charge is -2.32. The van der Waals surface area contributed by atoms with E-state index in [-0.39, 0.29) is 5.91 Å². The van der Waals surface area contributed by atoms with E-state index in [0.717, 1.165) is 44.0 Å². The molecule has 0 aromatic heterocycles. The standard InChI is InChI=1S/C21H35N5O2/c1-5-11-26-12-9-18(10-13-26)25-21(22-6-2)23-15-17-7-8-20(28-4)19(14-17)24-16(3)27/h7-8,14,18H,5-6,9-13,15H2,1-4H3,(H,24,27)(H2,22,23,25). The summed E-state index contributed by atoms with van der Waals surface area (Å²) in [6.07, 6.45) is 3.49. The van der Waals surface area contributed by atoms with Gasteiger partial charge in [-0.25, -0.2) is 4.99 Å². The Morgan fingerprint density at radius 3 is 2.64 bits per heavy atom. The molecule has 1 heterocycles. The zero-order valence-electron chi connectivity index (χ0n) is 17.7. The molecular weight excluding hydrogens is 354 g/mol. The highest BCUT2D eigenvalue weighted by Gasteiger charge is 2.19. The van der Waals surface area contributed by atoms with Gasteiger partial charge >= 0.3 is 0 Å². The Bertz CT molecular complexity index is 654. The number of hydrogen-bond acceptors (Lipinski definition) is 4. The van der Waals surface area contributed by atoms with Crippen LogP contribution in [-0.4, -0.2) is 56.1 Å². The quantitative estimate of drug-likeness (QED) is 0.471. The molecule has 0 spiro atoms. The SMILES string of the molecule is CCCN1CCC(NC(=NCc2ccc(OC)c(NC(C)=O)c2)NCC)CC1. The Kier molecular flexibility index (Phi) is 9.07. The van der Waals surface area contributed by atoms with E-state index in [1.807, 2.05) is 18.2 Å². The number of nitrogens with zero attached hydrogens (tertiary/aromatic N) is 2. The third kappa shape index (κ3) is 7.03. The number of guanidine groups is 1. The molecule has 1 amide bonds. The second kappa shape index (κ2) is 11.5. The number of anilines is 1. The van der Waals surface area contributed by atoms with Crippen LogP contribution < -0.4 is 20.7 Å². The van der Waals surface area contributed by atoms with Crippen molar-refractivity contribution in [2.75, 3.05) is 38.6 Å². The van der Waals surface area contributed by atoms with Gasteiger partial charge in [-0.1, -0.05) is 13.0 Å². The van der Waals surface area contributed by atoms with E-state index < -0.39 is 0 Å². The normalized spacial score (nSPS) is 15.9. The number of likely N-dealkylation sites (tertiary alicyclic amines) is 1. The monoisotopic (exact) mass is 389 g/mol. The van der Waals surface area contributed by atoms with Crippen LogP contribution in [0.1, 0.15) is 45.6 Å². The van der Waals surface area contributed by atoms with Crippen LogP contribution in [0.4, 0.5) is 5.69 Å². The first-order valence-corrected chi connectivity index (χ1v) is 10.3. The Hall–Kier alpha value is -2.28. The van der Waals surface area contributed by atoms with E-state index in [9.17, 15) is 4.79 Å². The van der Waals surface area contributed by atoms with Crippen LogP contribution >= 0.6 is 0 Å². The van der Waals surface area contributed by atoms with Crippen LogP contribution in [-0.2, 0) is 11.3 Å². The van der Waals surface area contributed by atoms with Gasteiger partial charge in [0.2, 0.25) is 5.91 Å². The maximum atomic E-state index is 11.4. The predicted molar refractivity (Wildman–Crippen MR) is 115 cm³/mol. The lowest BCUT2D eigenvalue weighted by Crippen LogP contribution is -2.48. The lowest BCUT2D eigenvalue weighted by atomic mass is 10.1. The Labute approximate surface area is 168 Å². The van der Waals surface area contributed by atoms with Crippen LogP contribution in [0, 0.1) is 0 Å². The number of amides is 1. The molecule has 28 heavy (non-hydrogen) atoms. The summed E-state index contributed by atoms with van der Waals surface area (Å²) < 4.78 is 5.31. The molecule has 1 saturated heterocycles. The fourth-order valence-electron chi connectivity index (χ4n) is 3.44. The molecule has 3 N–H and O–H groups in total. The summed E-state index contributed by atoms with van der Waals surface area (Å²) in [5.41, 5.74) is 1.68. The molecule has 1 aliphatic rings. The number of methoxy groups -OCH3 is 1. The van der Waals surface area contributed by atoms with Crippen molar-refractivity contribution in [1.29, 1.82) is 0 Å². The first kappa shape index (κ1) is 22.0. The van der Waals surface area contributed by atoms with Crippen molar-refractivity contribution < 1.29 is 9.53 Å².